The number of thiophene rings is 1. The molecule has 0 fully saturated rings. The minimum Gasteiger partial charge on any atom is -0.308 e. The van der Waals surface area contributed by atoms with E-state index >= 15 is 0 Å². The molecule has 2 aromatic heterocycles. The molecule has 0 atom stereocenters. The SMILES string of the molecule is c1ccc(N(c2ccc(-c3ccc(-c4cccc5ccccc45)cc3)cc2)c2ccccc2-n2c3ccccc3c3ccccc32)c(-c2cccc3sc4ccccc4c23)c1. The van der Waals surface area contributed by atoms with Gasteiger partial charge in [-0.15, -0.1) is 11.3 Å². The van der Waals surface area contributed by atoms with E-state index < -0.39 is 0 Å². The van der Waals surface area contributed by atoms with Gasteiger partial charge in [-0.1, -0.05) is 176 Å². The second kappa shape index (κ2) is 14.5. The summed E-state index contributed by atoms with van der Waals surface area (Å²) in [5, 5.41) is 7.60. The van der Waals surface area contributed by atoms with Gasteiger partial charge in [-0.3, -0.25) is 0 Å². The van der Waals surface area contributed by atoms with E-state index in [2.05, 4.69) is 240 Å². The van der Waals surface area contributed by atoms with Crippen molar-refractivity contribution in [3.63, 3.8) is 0 Å². The van der Waals surface area contributed by atoms with E-state index in [0.717, 1.165) is 22.7 Å². The summed E-state index contributed by atoms with van der Waals surface area (Å²) in [6, 6.07) is 84.2. The van der Waals surface area contributed by atoms with Crippen LogP contribution >= 0.6 is 11.3 Å². The average Bonchev–Trinajstić information content (AvgIpc) is 3.88. The van der Waals surface area contributed by atoms with Crippen molar-refractivity contribution in [2.24, 2.45) is 0 Å². The predicted octanol–water partition coefficient (Wildman–Crippen LogP) is 16.8. The van der Waals surface area contributed by atoms with Crippen molar-refractivity contribution in [1.82, 2.24) is 4.57 Å². The highest BCUT2D eigenvalue weighted by atomic mass is 32.1. The van der Waals surface area contributed by atoms with E-state index in [4.69, 9.17) is 0 Å². The first-order valence-electron chi connectivity index (χ1n) is 20.8. The number of fused-ring (bicyclic) bond motifs is 7. The van der Waals surface area contributed by atoms with Crippen molar-refractivity contribution in [3.8, 4) is 39.1 Å². The summed E-state index contributed by atoms with van der Waals surface area (Å²) in [5.74, 6) is 0. The van der Waals surface area contributed by atoms with E-state index in [9.17, 15) is 0 Å². The first-order valence-corrected chi connectivity index (χ1v) is 21.7. The van der Waals surface area contributed by atoms with Crippen molar-refractivity contribution < 1.29 is 0 Å². The lowest BCUT2D eigenvalue weighted by atomic mass is 9.96. The van der Waals surface area contributed by atoms with Crippen LogP contribution in [0, 0.1) is 0 Å². The third kappa shape index (κ3) is 5.85. The van der Waals surface area contributed by atoms with Crippen LogP contribution in [0.5, 0.6) is 0 Å². The molecule has 12 rings (SSSR count). The lowest BCUT2D eigenvalue weighted by Gasteiger charge is -2.30. The first kappa shape index (κ1) is 35.2. The minimum atomic E-state index is 1.08. The Morgan fingerprint density at radius 2 is 0.836 bits per heavy atom. The Bertz CT molecular complexity index is 3530. The van der Waals surface area contributed by atoms with Crippen molar-refractivity contribution in [1.29, 1.82) is 0 Å². The number of hydrogen-bond donors (Lipinski definition) is 0. The highest BCUT2D eigenvalue weighted by molar-refractivity contribution is 7.25. The summed E-state index contributed by atoms with van der Waals surface area (Å²) < 4.78 is 5.03. The zero-order valence-electron chi connectivity index (χ0n) is 33.2. The van der Waals surface area contributed by atoms with Gasteiger partial charge in [0.25, 0.3) is 0 Å². The third-order valence-electron chi connectivity index (χ3n) is 12.2. The van der Waals surface area contributed by atoms with Gasteiger partial charge in [0.15, 0.2) is 0 Å². The fourth-order valence-corrected chi connectivity index (χ4v) is 10.6. The van der Waals surface area contributed by atoms with Gasteiger partial charge in [-0.2, -0.15) is 0 Å². The van der Waals surface area contributed by atoms with Crippen molar-refractivity contribution in [2.45, 2.75) is 0 Å². The Kier molecular flexibility index (Phi) is 8.39. The molecule has 2 nitrogen and oxygen atoms in total. The molecule has 0 radical (unpaired) electrons. The van der Waals surface area contributed by atoms with Crippen LogP contribution < -0.4 is 4.90 Å². The monoisotopic (exact) mass is 794 g/mol. The number of rotatable bonds is 7. The molecule has 0 unspecified atom stereocenters. The van der Waals surface area contributed by atoms with Gasteiger partial charge in [-0.05, 0) is 93.2 Å². The van der Waals surface area contributed by atoms with Gasteiger partial charge in [0.2, 0.25) is 0 Å². The largest absolute Gasteiger partial charge is 0.308 e. The Morgan fingerprint density at radius 3 is 1.61 bits per heavy atom. The van der Waals surface area contributed by atoms with Crippen LogP contribution in [0.4, 0.5) is 17.1 Å². The Labute approximate surface area is 358 Å². The number of hydrogen-bond acceptors (Lipinski definition) is 2. The number of anilines is 3. The molecule has 0 aliphatic heterocycles. The fraction of sp³-hybridized carbons (Fsp3) is 0. The zero-order valence-corrected chi connectivity index (χ0v) is 34.1. The van der Waals surface area contributed by atoms with Crippen LogP contribution in [-0.4, -0.2) is 4.57 Å². The molecule has 0 saturated heterocycles. The summed E-state index contributed by atoms with van der Waals surface area (Å²) in [6.07, 6.45) is 0. The van der Waals surface area contributed by atoms with Crippen LogP contribution in [0.15, 0.2) is 231 Å². The quantitative estimate of drug-likeness (QED) is 0.156. The van der Waals surface area contributed by atoms with Crippen LogP contribution in [0.25, 0.3) is 91.8 Å². The number of para-hydroxylation sites is 5. The van der Waals surface area contributed by atoms with E-state index in [-0.39, 0.29) is 0 Å². The van der Waals surface area contributed by atoms with Gasteiger partial charge in [0.1, 0.15) is 0 Å². The van der Waals surface area contributed by atoms with E-state index in [0.29, 0.717) is 0 Å². The Hall–Kier alpha value is -7.72. The molecule has 12 aromatic rings. The number of benzene rings is 10. The third-order valence-corrected chi connectivity index (χ3v) is 13.4. The maximum absolute atomic E-state index is 2.47. The summed E-state index contributed by atoms with van der Waals surface area (Å²) >= 11 is 1.86. The predicted molar refractivity (Wildman–Crippen MR) is 262 cm³/mol. The van der Waals surface area contributed by atoms with Crippen LogP contribution in [0.3, 0.4) is 0 Å². The molecule has 0 amide bonds. The molecule has 2 heterocycles. The molecule has 0 N–H and O–H groups in total. The zero-order chi connectivity index (χ0) is 40.3. The number of aromatic nitrogens is 1. The molecule has 0 aliphatic rings. The first-order chi connectivity index (χ1) is 30.3. The van der Waals surface area contributed by atoms with Crippen molar-refractivity contribution in [2.75, 3.05) is 4.90 Å². The highest BCUT2D eigenvalue weighted by Crippen LogP contribution is 2.48. The van der Waals surface area contributed by atoms with Crippen LogP contribution in [0.1, 0.15) is 0 Å². The van der Waals surface area contributed by atoms with Gasteiger partial charge >= 0.3 is 0 Å². The van der Waals surface area contributed by atoms with Gasteiger partial charge < -0.3 is 9.47 Å². The molecule has 0 saturated carbocycles. The molecule has 3 heteroatoms. The average molecular weight is 795 g/mol. The summed E-state index contributed by atoms with van der Waals surface area (Å²) in [7, 11) is 0. The molecule has 0 spiro atoms. The van der Waals surface area contributed by atoms with Gasteiger partial charge in [0, 0.05) is 42.2 Å². The number of nitrogens with zero attached hydrogens (tertiary/aromatic N) is 2. The molecular formula is C58H38N2S. The molecule has 61 heavy (non-hydrogen) atoms. The smallest absolute Gasteiger partial charge is 0.0702 e. The van der Waals surface area contributed by atoms with Crippen LogP contribution in [-0.2, 0) is 0 Å². The molecule has 286 valence electrons. The lowest BCUT2D eigenvalue weighted by molar-refractivity contribution is 1.15. The minimum absolute atomic E-state index is 1.08. The Balaban J connectivity index is 1.04. The second-order valence-electron chi connectivity index (χ2n) is 15.6. The topological polar surface area (TPSA) is 8.17 Å². The second-order valence-corrected chi connectivity index (χ2v) is 16.7. The maximum atomic E-state index is 2.47. The van der Waals surface area contributed by atoms with Gasteiger partial charge in [-0.25, -0.2) is 0 Å². The van der Waals surface area contributed by atoms with Crippen molar-refractivity contribution >= 4 is 81.1 Å². The fourth-order valence-electron chi connectivity index (χ4n) is 9.45. The molecule has 10 aromatic carbocycles. The normalized spacial score (nSPS) is 11.6. The van der Waals surface area contributed by atoms with E-state index in [1.165, 1.54) is 86.1 Å². The highest BCUT2D eigenvalue weighted by Gasteiger charge is 2.24. The van der Waals surface area contributed by atoms with E-state index in [1.807, 2.05) is 11.3 Å². The maximum Gasteiger partial charge on any atom is 0.0702 e. The Morgan fingerprint density at radius 1 is 0.328 bits per heavy atom. The van der Waals surface area contributed by atoms with Gasteiger partial charge in [0.05, 0.1) is 28.1 Å². The summed E-state index contributed by atoms with van der Waals surface area (Å²) in [5.41, 5.74) is 14.0. The lowest BCUT2D eigenvalue weighted by Crippen LogP contribution is -2.14. The van der Waals surface area contributed by atoms with Crippen molar-refractivity contribution in [3.05, 3.63) is 231 Å². The molecular weight excluding hydrogens is 757 g/mol. The molecule has 0 aliphatic carbocycles. The van der Waals surface area contributed by atoms with Crippen LogP contribution in [0.2, 0.25) is 0 Å². The standard InChI is InChI=1S/C58H38N2S/c1-2-17-44-41(15-1)16-13-22-45(44)42-33-31-39(32-34-42)40-35-37-43(38-36-40)59(51-24-7-5-20-48(51)49-23-14-30-57-58(49)50-21-6-12-29-56(50)61-57)54-27-10-11-28-55(54)60-52-25-8-3-18-46(52)47-19-4-9-26-53(47)60/h1-38H. The summed E-state index contributed by atoms with van der Waals surface area (Å²) in [6.45, 7) is 0. The molecule has 0 bridgehead atoms. The summed E-state index contributed by atoms with van der Waals surface area (Å²) in [4.78, 5) is 2.47. The van der Waals surface area contributed by atoms with E-state index in [1.54, 1.807) is 0 Å².